The minimum atomic E-state index is -0.190. The van der Waals surface area contributed by atoms with Gasteiger partial charge in [0, 0.05) is 12.0 Å². The van der Waals surface area contributed by atoms with E-state index in [2.05, 4.69) is 0 Å². The standard InChI is InChI=1S/C14H16O3/c1-8(15)13-10-6-14(2,3)7-12(17)9(10)4-5-11(13)16/h4-5,16H,6-7H2,1-3H3. The topological polar surface area (TPSA) is 54.4 Å². The van der Waals surface area contributed by atoms with Gasteiger partial charge >= 0.3 is 0 Å². The van der Waals surface area contributed by atoms with Crippen molar-refractivity contribution in [3.63, 3.8) is 0 Å². The number of fused-ring (bicyclic) bond motifs is 1. The number of phenolic OH excluding ortho intramolecular Hbond substituents is 1. The molecule has 0 saturated heterocycles. The Morgan fingerprint density at radius 1 is 1.29 bits per heavy atom. The van der Waals surface area contributed by atoms with Crippen LogP contribution in [-0.4, -0.2) is 16.7 Å². The van der Waals surface area contributed by atoms with E-state index in [1.807, 2.05) is 13.8 Å². The predicted molar refractivity (Wildman–Crippen MR) is 64.5 cm³/mol. The monoisotopic (exact) mass is 232 g/mol. The molecule has 0 radical (unpaired) electrons. The second-order valence-corrected chi connectivity index (χ2v) is 5.48. The van der Waals surface area contributed by atoms with Crippen molar-refractivity contribution in [2.24, 2.45) is 5.41 Å². The largest absolute Gasteiger partial charge is 0.507 e. The molecule has 1 aromatic rings. The molecule has 0 heterocycles. The minimum absolute atomic E-state index is 0.0262. The molecule has 0 atom stereocenters. The number of aromatic hydroxyl groups is 1. The van der Waals surface area contributed by atoms with Gasteiger partial charge in [-0.15, -0.1) is 0 Å². The molecule has 0 spiro atoms. The van der Waals surface area contributed by atoms with Crippen LogP contribution in [-0.2, 0) is 6.42 Å². The molecule has 1 aromatic carbocycles. The molecule has 3 heteroatoms. The summed E-state index contributed by atoms with van der Waals surface area (Å²) < 4.78 is 0. The van der Waals surface area contributed by atoms with E-state index in [9.17, 15) is 14.7 Å². The first-order chi connectivity index (χ1) is 7.82. The molecule has 3 nitrogen and oxygen atoms in total. The summed E-state index contributed by atoms with van der Waals surface area (Å²) in [4.78, 5) is 23.6. The molecule has 0 amide bonds. The SMILES string of the molecule is CC(=O)c1c(O)ccc2c1CC(C)(C)CC2=O. The molecular weight excluding hydrogens is 216 g/mol. The van der Waals surface area contributed by atoms with Crippen molar-refractivity contribution in [3.8, 4) is 5.75 Å². The van der Waals surface area contributed by atoms with Gasteiger partial charge in [0.1, 0.15) is 5.75 Å². The van der Waals surface area contributed by atoms with Gasteiger partial charge in [-0.2, -0.15) is 0 Å². The molecule has 0 saturated carbocycles. The van der Waals surface area contributed by atoms with Gasteiger partial charge in [0.2, 0.25) is 0 Å². The van der Waals surface area contributed by atoms with Gasteiger partial charge in [0.15, 0.2) is 11.6 Å². The Bertz CT molecular complexity index is 512. The third-order valence-corrected chi connectivity index (χ3v) is 3.24. The summed E-state index contributed by atoms with van der Waals surface area (Å²) in [6.45, 7) is 5.42. The fourth-order valence-electron chi connectivity index (χ4n) is 2.54. The molecular formula is C14H16O3. The number of hydrogen-bond acceptors (Lipinski definition) is 3. The summed E-state index contributed by atoms with van der Waals surface area (Å²) >= 11 is 0. The van der Waals surface area contributed by atoms with Gasteiger partial charge in [-0.25, -0.2) is 0 Å². The molecule has 1 aliphatic carbocycles. The third kappa shape index (κ3) is 1.97. The van der Waals surface area contributed by atoms with Gasteiger partial charge in [-0.05, 0) is 36.5 Å². The molecule has 2 rings (SSSR count). The summed E-state index contributed by atoms with van der Waals surface area (Å²) in [7, 11) is 0. The van der Waals surface area contributed by atoms with Crippen LogP contribution in [0.25, 0.3) is 0 Å². The van der Waals surface area contributed by atoms with Crippen molar-refractivity contribution in [1.29, 1.82) is 0 Å². The summed E-state index contributed by atoms with van der Waals surface area (Å²) in [6.07, 6.45) is 1.14. The van der Waals surface area contributed by atoms with Gasteiger partial charge < -0.3 is 5.11 Å². The maximum Gasteiger partial charge on any atom is 0.163 e. The molecule has 0 aliphatic heterocycles. The van der Waals surface area contributed by atoms with Crippen LogP contribution in [0.3, 0.4) is 0 Å². The van der Waals surface area contributed by atoms with E-state index in [1.165, 1.54) is 13.0 Å². The summed E-state index contributed by atoms with van der Waals surface area (Å²) in [6, 6.07) is 3.06. The van der Waals surface area contributed by atoms with Gasteiger partial charge in [0.05, 0.1) is 5.56 Å². The Morgan fingerprint density at radius 3 is 2.53 bits per heavy atom. The second-order valence-electron chi connectivity index (χ2n) is 5.48. The molecule has 17 heavy (non-hydrogen) atoms. The zero-order chi connectivity index (χ0) is 12.8. The van der Waals surface area contributed by atoms with Gasteiger partial charge in [-0.3, -0.25) is 9.59 Å². The molecule has 90 valence electrons. The number of carbonyl (C=O) groups is 2. The van der Waals surface area contributed by atoms with Crippen LogP contribution < -0.4 is 0 Å². The van der Waals surface area contributed by atoms with Crippen molar-refractivity contribution < 1.29 is 14.7 Å². The van der Waals surface area contributed by atoms with Crippen LogP contribution in [0.2, 0.25) is 0 Å². The third-order valence-electron chi connectivity index (χ3n) is 3.24. The lowest BCUT2D eigenvalue weighted by atomic mass is 9.72. The zero-order valence-corrected chi connectivity index (χ0v) is 10.3. The Hall–Kier alpha value is -1.64. The Balaban J connectivity index is 2.69. The van der Waals surface area contributed by atoms with Crippen molar-refractivity contribution in [3.05, 3.63) is 28.8 Å². The van der Waals surface area contributed by atoms with Gasteiger partial charge in [-0.1, -0.05) is 13.8 Å². The molecule has 1 N–H and O–H groups in total. The normalized spacial score (nSPS) is 17.7. The molecule has 0 aromatic heterocycles. The molecule has 0 unspecified atom stereocenters. The van der Waals surface area contributed by atoms with E-state index in [4.69, 9.17) is 0 Å². The maximum atomic E-state index is 12.0. The van der Waals surface area contributed by atoms with Crippen LogP contribution >= 0.6 is 0 Å². The lowest BCUT2D eigenvalue weighted by molar-refractivity contribution is 0.0911. The number of benzene rings is 1. The Kier molecular flexibility index (Phi) is 2.57. The van der Waals surface area contributed by atoms with E-state index >= 15 is 0 Å². The van der Waals surface area contributed by atoms with E-state index in [0.29, 0.717) is 29.5 Å². The predicted octanol–water partition coefficient (Wildman–Crippen LogP) is 2.75. The highest BCUT2D eigenvalue weighted by Crippen LogP contribution is 2.38. The highest BCUT2D eigenvalue weighted by atomic mass is 16.3. The Morgan fingerprint density at radius 2 is 1.94 bits per heavy atom. The quantitative estimate of drug-likeness (QED) is 0.757. The number of Topliss-reactive ketones (excluding diaryl/α,β-unsaturated/α-hetero) is 2. The number of carbonyl (C=O) groups excluding carboxylic acids is 2. The average molecular weight is 232 g/mol. The second kappa shape index (κ2) is 3.69. The fraction of sp³-hybridized carbons (Fsp3) is 0.429. The van der Waals surface area contributed by atoms with Crippen molar-refractivity contribution in [2.45, 2.75) is 33.6 Å². The van der Waals surface area contributed by atoms with Crippen molar-refractivity contribution in [1.82, 2.24) is 0 Å². The smallest absolute Gasteiger partial charge is 0.163 e. The minimum Gasteiger partial charge on any atom is -0.507 e. The van der Waals surface area contributed by atoms with Gasteiger partial charge in [0.25, 0.3) is 0 Å². The summed E-state index contributed by atoms with van der Waals surface area (Å²) in [5.74, 6) is -0.162. The van der Waals surface area contributed by atoms with Crippen molar-refractivity contribution >= 4 is 11.6 Å². The van der Waals surface area contributed by atoms with E-state index in [1.54, 1.807) is 6.07 Å². The first-order valence-corrected chi connectivity index (χ1v) is 5.71. The van der Waals surface area contributed by atoms with E-state index in [-0.39, 0.29) is 22.7 Å². The van der Waals surface area contributed by atoms with Crippen LogP contribution in [0.15, 0.2) is 12.1 Å². The number of rotatable bonds is 1. The van der Waals surface area contributed by atoms with Crippen LogP contribution in [0.1, 0.15) is 53.5 Å². The summed E-state index contributed by atoms with van der Waals surface area (Å²) in [5.41, 5.74) is 1.46. The average Bonchev–Trinajstić information content (AvgIpc) is 2.13. The first kappa shape index (κ1) is 11.8. The molecule has 0 fully saturated rings. The Labute approximate surface area is 100 Å². The van der Waals surface area contributed by atoms with Crippen LogP contribution in [0, 0.1) is 5.41 Å². The van der Waals surface area contributed by atoms with Crippen LogP contribution in [0.5, 0.6) is 5.75 Å². The van der Waals surface area contributed by atoms with Crippen molar-refractivity contribution in [2.75, 3.05) is 0 Å². The fourth-order valence-corrected chi connectivity index (χ4v) is 2.54. The van der Waals surface area contributed by atoms with Crippen LogP contribution in [0.4, 0.5) is 0 Å². The number of hydrogen-bond donors (Lipinski definition) is 1. The summed E-state index contributed by atoms with van der Waals surface area (Å²) in [5, 5.41) is 9.76. The van der Waals surface area contributed by atoms with E-state index in [0.717, 1.165) is 0 Å². The highest BCUT2D eigenvalue weighted by Gasteiger charge is 2.33. The first-order valence-electron chi connectivity index (χ1n) is 5.71. The van der Waals surface area contributed by atoms with E-state index < -0.39 is 0 Å². The highest BCUT2D eigenvalue weighted by molar-refractivity contribution is 6.05. The number of phenols is 1. The molecule has 0 bridgehead atoms. The maximum absolute atomic E-state index is 12.0. The number of ketones is 2. The lowest BCUT2D eigenvalue weighted by Gasteiger charge is -2.31. The zero-order valence-electron chi connectivity index (χ0n) is 10.3. The molecule has 1 aliphatic rings. The lowest BCUT2D eigenvalue weighted by Crippen LogP contribution is -2.28.